The van der Waals surface area contributed by atoms with Crippen LogP contribution in [0.15, 0.2) is 0 Å². The Labute approximate surface area is 127 Å². The average molecular weight is 295 g/mol. The molecule has 1 amide bonds. The first-order chi connectivity index (χ1) is 10.1. The van der Waals surface area contributed by atoms with Crippen LogP contribution in [0.2, 0.25) is 0 Å². The van der Waals surface area contributed by atoms with Gasteiger partial charge in [0.15, 0.2) is 0 Å². The van der Waals surface area contributed by atoms with E-state index in [0.717, 1.165) is 65.1 Å². The molecule has 0 radical (unpaired) electrons. The molecule has 1 aliphatic carbocycles. The number of carbonyl (C=O) groups excluding carboxylic acids is 1. The van der Waals surface area contributed by atoms with Gasteiger partial charge in [-0.1, -0.05) is 6.92 Å². The average Bonchev–Trinajstić information content (AvgIpc) is 3.00. The van der Waals surface area contributed by atoms with Gasteiger partial charge in [-0.2, -0.15) is 0 Å². The quantitative estimate of drug-likeness (QED) is 0.814. The van der Waals surface area contributed by atoms with E-state index in [1.807, 2.05) is 0 Å². The maximum atomic E-state index is 12.8. The molecule has 4 unspecified atom stereocenters. The minimum absolute atomic E-state index is 0.150. The monoisotopic (exact) mass is 295 g/mol. The topological polar surface area (TPSA) is 58.8 Å². The lowest BCUT2D eigenvalue weighted by atomic mass is 9.77. The van der Waals surface area contributed by atoms with Crippen LogP contribution >= 0.6 is 0 Å². The van der Waals surface area contributed by atoms with Crippen molar-refractivity contribution in [3.63, 3.8) is 0 Å². The molecule has 3 aliphatic rings. The number of likely N-dealkylation sites (tertiary alicyclic amines) is 1. The fourth-order valence-corrected chi connectivity index (χ4v) is 4.12. The van der Waals surface area contributed by atoms with Gasteiger partial charge in [0.25, 0.3) is 0 Å². The van der Waals surface area contributed by atoms with Crippen molar-refractivity contribution in [1.29, 1.82) is 0 Å². The molecular formula is C16H29N3O2. The van der Waals surface area contributed by atoms with Gasteiger partial charge in [0.1, 0.15) is 0 Å². The summed E-state index contributed by atoms with van der Waals surface area (Å²) in [5, 5.41) is 0. The zero-order valence-corrected chi connectivity index (χ0v) is 13.2. The van der Waals surface area contributed by atoms with Crippen LogP contribution in [-0.4, -0.2) is 67.2 Å². The van der Waals surface area contributed by atoms with Crippen molar-refractivity contribution in [1.82, 2.24) is 9.80 Å². The molecule has 5 heteroatoms. The van der Waals surface area contributed by atoms with Crippen LogP contribution in [-0.2, 0) is 9.53 Å². The van der Waals surface area contributed by atoms with Gasteiger partial charge in [0.05, 0.1) is 13.2 Å². The Morgan fingerprint density at radius 1 is 1.14 bits per heavy atom. The molecule has 0 aromatic heterocycles. The van der Waals surface area contributed by atoms with Crippen molar-refractivity contribution in [3.05, 3.63) is 0 Å². The summed E-state index contributed by atoms with van der Waals surface area (Å²) in [6.07, 6.45) is 4.15. The smallest absolute Gasteiger partial charge is 0.226 e. The lowest BCUT2D eigenvalue weighted by Gasteiger charge is -2.35. The van der Waals surface area contributed by atoms with E-state index in [-0.39, 0.29) is 12.0 Å². The van der Waals surface area contributed by atoms with E-state index in [4.69, 9.17) is 10.5 Å². The molecule has 0 aromatic carbocycles. The normalized spacial score (nSPS) is 38.7. The van der Waals surface area contributed by atoms with Crippen molar-refractivity contribution in [3.8, 4) is 0 Å². The molecule has 120 valence electrons. The van der Waals surface area contributed by atoms with E-state index in [1.165, 1.54) is 0 Å². The SMILES string of the molecule is CC1CCC(N)CC1C(=O)N1CCC(N2CCOCC2)C1. The largest absolute Gasteiger partial charge is 0.379 e. The number of hydrogen-bond donors (Lipinski definition) is 1. The van der Waals surface area contributed by atoms with E-state index in [1.54, 1.807) is 0 Å². The molecule has 2 aliphatic heterocycles. The van der Waals surface area contributed by atoms with Crippen LogP contribution < -0.4 is 5.73 Å². The highest BCUT2D eigenvalue weighted by atomic mass is 16.5. The zero-order chi connectivity index (χ0) is 14.8. The summed E-state index contributed by atoms with van der Waals surface area (Å²) < 4.78 is 5.42. The third kappa shape index (κ3) is 3.41. The Kier molecular flexibility index (Phi) is 4.82. The highest BCUT2D eigenvalue weighted by Gasteiger charge is 2.38. The lowest BCUT2D eigenvalue weighted by Crippen LogP contribution is -2.47. The van der Waals surface area contributed by atoms with Gasteiger partial charge in [-0.15, -0.1) is 0 Å². The Bertz CT molecular complexity index is 371. The summed E-state index contributed by atoms with van der Waals surface area (Å²) in [7, 11) is 0. The predicted molar refractivity (Wildman–Crippen MR) is 81.9 cm³/mol. The lowest BCUT2D eigenvalue weighted by molar-refractivity contribution is -0.137. The van der Waals surface area contributed by atoms with Gasteiger partial charge >= 0.3 is 0 Å². The number of nitrogens with two attached hydrogens (primary N) is 1. The van der Waals surface area contributed by atoms with Crippen LogP contribution in [0.4, 0.5) is 0 Å². The molecule has 2 heterocycles. The van der Waals surface area contributed by atoms with E-state index in [2.05, 4.69) is 16.7 Å². The molecule has 0 spiro atoms. The fraction of sp³-hybridized carbons (Fsp3) is 0.938. The van der Waals surface area contributed by atoms with Gasteiger partial charge in [-0.3, -0.25) is 9.69 Å². The summed E-state index contributed by atoms with van der Waals surface area (Å²) in [6, 6.07) is 0.748. The van der Waals surface area contributed by atoms with Crippen molar-refractivity contribution in [2.24, 2.45) is 17.6 Å². The van der Waals surface area contributed by atoms with Crippen LogP contribution in [0.5, 0.6) is 0 Å². The Balaban J connectivity index is 1.56. The second-order valence-corrected chi connectivity index (χ2v) is 7.03. The van der Waals surface area contributed by atoms with E-state index < -0.39 is 0 Å². The van der Waals surface area contributed by atoms with Crippen molar-refractivity contribution >= 4 is 5.91 Å². The molecule has 0 bridgehead atoms. The van der Waals surface area contributed by atoms with Crippen LogP contribution in [0, 0.1) is 11.8 Å². The van der Waals surface area contributed by atoms with Crippen molar-refractivity contribution in [2.75, 3.05) is 39.4 Å². The summed E-state index contributed by atoms with van der Waals surface area (Å²) in [5.74, 6) is 0.991. The number of amides is 1. The maximum Gasteiger partial charge on any atom is 0.226 e. The van der Waals surface area contributed by atoms with Gasteiger partial charge in [-0.05, 0) is 31.6 Å². The predicted octanol–water partition coefficient (Wildman–Crippen LogP) is 0.683. The standard InChI is InChI=1S/C16H29N3O2/c1-12-2-3-13(17)10-15(12)16(20)19-5-4-14(11-19)18-6-8-21-9-7-18/h12-15H,2-11,17H2,1H3. The van der Waals surface area contributed by atoms with Crippen LogP contribution in [0.1, 0.15) is 32.6 Å². The van der Waals surface area contributed by atoms with Crippen LogP contribution in [0.3, 0.4) is 0 Å². The van der Waals surface area contributed by atoms with E-state index >= 15 is 0 Å². The molecule has 5 nitrogen and oxygen atoms in total. The summed E-state index contributed by atoms with van der Waals surface area (Å²) in [6.45, 7) is 7.72. The molecule has 21 heavy (non-hydrogen) atoms. The summed E-state index contributed by atoms with van der Waals surface area (Å²) in [5.41, 5.74) is 6.08. The molecule has 2 saturated heterocycles. The third-order valence-electron chi connectivity index (χ3n) is 5.59. The van der Waals surface area contributed by atoms with E-state index in [9.17, 15) is 4.79 Å². The van der Waals surface area contributed by atoms with E-state index in [0.29, 0.717) is 17.9 Å². The molecule has 1 saturated carbocycles. The summed E-state index contributed by atoms with van der Waals surface area (Å²) in [4.78, 5) is 17.4. The van der Waals surface area contributed by atoms with Crippen molar-refractivity contribution < 1.29 is 9.53 Å². The number of carbonyl (C=O) groups is 1. The third-order valence-corrected chi connectivity index (χ3v) is 5.59. The van der Waals surface area contributed by atoms with Gasteiger partial charge in [0, 0.05) is 44.2 Å². The molecule has 3 rings (SSSR count). The first-order valence-electron chi connectivity index (χ1n) is 8.51. The second-order valence-electron chi connectivity index (χ2n) is 7.03. The highest BCUT2D eigenvalue weighted by molar-refractivity contribution is 5.79. The number of morpholine rings is 1. The number of nitrogens with zero attached hydrogens (tertiary/aromatic N) is 2. The van der Waals surface area contributed by atoms with Crippen LogP contribution in [0.25, 0.3) is 0 Å². The highest BCUT2D eigenvalue weighted by Crippen LogP contribution is 2.32. The Morgan fingerprint density at radius 3 is 2.67 bits per heavy atom. The number of hydrogen-bond acceptors (Lipinski definition) is 4. The number of rotatable bonds is 2. The molecule has 0 aromatic rings. The first-order valence-corrected chi connectivity index (χ1v) is 8.51. The van der Waals surface area contributed by atoms with Gasteiger partial charge in [0.2, 0.25) is 5.91 Å². The van der Waals surface area contributed by atoms with Crippen molar-refractivity contribution in [2.45, 2.75) is 44.7 Å². The minimum Gasteiger partial charge on any atom is -0.379 e. The Morgan fingerprint density at radius 2 is 1.90 bits per heavy atom. The fourth-order valence-electron chi connectivity index (χ4n) is 4.12. The summed E-state index contributed by atoms with van der Waals surface area (Å²) >= 11 is 0. The maximum absolute atomic E-state index is 12.8. The molecule has 3 fully saturated rings. The molecular weight excluding hydrogens is 266 g/mol. The zero-order valence-electron chi connectivity index (χ0n) is 13.2. The number of ether oxygens (including phenoxy) is 1. The van der Waals surface area contributed by atoms with Gasteiger partial charge in [-0.25, -0.2) is 0 Å². The Hall–Kier alpha value is -0.650. The minimum atomic E-state index is 0.150. The first kappa shape index (κ1) is 15.3. The molecule has 2 N–H and O–H groups in total. The van der Waals surface area contributed by atoms with Gasteiger partial charge < -0.3 is 15.4 Å². The molecule has 4 atom stereocenters. The second kappa shape index (κ2) is 6.63.